The summed E-state index contributed by atoms with van der Waals surface area (Å²) in [4.78, 5) is 0. The lowest BCUT2D eigenvalue weighted by Gasteiger charge is -2.15. The summed E-state index contributed by atoms with van der Waals surface area (Å²) in [5, 5.41) is 6.72. The summed E-state index contributed by atoms with van der Waals surface area (Å²) >= 11 is 11.4. The maximum Gasteiger partial charge on any atom is 0.229 e. The predicted molar refractivity (Wildman–Crippen MR) is 109 cm³/mol. The Morgan fingerprint density at radius 3 is 2.12 bits per heavy atom. The van der Waals surface area contributed by atoms with Crippen LogP contribution in [-0.4, -0.2) is 34.0 Å². The fourth-order valence-corrected chi connectivity index (χ4v) is 3.11. The van der Waals surface area contributed by atoms with Crippen LogP contribution < -0.4 is 24.8 Å². The van der Waals surface area contributed by atoms with Crippen molar-refractivity contribution in [1.82, 2.24) is 0 Å². The summed E-state index contributed by atoms with van der Waals surface area (Å²) in [7, 11) is -0.275. The standard InChI is InChI=1S/C16H18ClN3O4S2/c1-23-14-9-15(24-2)13(8-12(14)17)19-16(25)18-10-4-6-11(7-5-10)20-26(3,21)22/h4-9,20H,1-3H3,(H2,18,19,25). The van der Waals surface area contributed by atoms with Gasteiger partial charge in [0.05, 0.1) is 31.2 Å². The smallest absolute Gasteiger partial charge is 0.229 e. The van der Waals surface area contributed by atoms with Gasteiger partial charge in [0.1, 0.15) is 11.5 Å². The summed E-state index contributed by atoms with van der Waals surface area (Å²) in [6.07, 6.45) is 1.09. The quantitative estimate of drug-likeness (QED) is 0.622. The molecule has 2 aromatic rings. The zero-order valence-electron chi connectivity index (χ0n) is 14.3. The number of rotatable bonds is 6. The maximum atomic E-state index is 11.2. The number of anilines is 3. The molecule has 26 heavy (non-hydrogen) atoms. The number of benzene rings is 2. The molecule has 10 heteroatoms. The molecule has 0 bridgehead atoms. The molecule has 0 aliphatic heterocycles. The van der Waals surface area contributed by atoms with E-state index in [0.29, 0.717) is 38.7 Å². The van der Waals surface area contributed by atoms with Gasteiger partial charge in [0, 0.05) is 17.4 Å². The van der Waals surface area contributed by atoms with Crippen LogP contribution in [-0.2, 0) is 10.0 Å². The van der Waals surface area contributed by atoms with Crippen LogP contribution in [0.5, 0.6) is 11.5 Å². The van der Waals surface area contributed by atoms with Crippen LogP contribution in [0.1, 0.15) is 0 Å². The average molecular weight is 416 g/mol. The molecule has 0 saturated heterocycles. The van der Waals surface area contributed by atoms with Crippen LogP contribution in [0.15, 0.2) is 36.4 Å². The first kappa shape index (κ1) is 20.1. The van der Waals surface area contributed by atoms with Gasteiger partial charge in [0.2, 0.25) is 10.0 Å². The largest absolute Gasteiger partial charge is 0.495 e. The molecule has 0 aliphatic carbocycles. The number of hydrogen-bond donors (Lipinski definition) is 3. The molecule has 140 valence electrons. The van der Waals surface area contributed by atoms with Crippen LogP contribution in [0.4, 0.5) is 17.1 Å². The van der Waals surface area contributed by atoms with Gasteiger partial charge < -0.3 is 20.1 Å². The highest BCUT2D eigenvalue weighted by atomic mass is 35.5. The number of thiocarbonyl (C=S) groups is 1. The summed E-state index contributed by atoms with van der Waals surface area (Å²) in [6.45, 7) is 0. The molecule has 0 atom stereocenters. The second kappa shape index (κ2) is 8.43. The van der Waals surface area contributed by atoms with E-state index in [1.54, 1.807) is 36.4 Å². The van der Waals surface area contributed by atoms with Crippen molar-refractivity contribution in [2.45, 2.75) is 0 Å². The second-order valence-electron chi connectivity index (χ2n) is 5.22. The third-order valence-corrected chi connectivity index (χ3v) is 4.27. The molecule has 7 nitrogen and oxygen atoms in total. The zero-order chi connectivity index (χ0) is 19.3. The Hall–Kier alpha value is -2.23. The molecule has 0 radical (unpaired) electrons. The van der Waals surface area contributed by atoms with Crippen molar-refractivity contribution in [2.24, 2.45) is 0 Å². The minimum atomic E-state index is -3.32. The van der Waals surface area contributed by atoms with Crippen LogP contribution in [0.3, 0.4) is 0 Å². The number of sulfonamides is 1. The average Bonchev–Trinajstić information content (AvgIpc) is 2.55. The van der Waals surface area contributed by atoms with Gasteiger partial charge >= 0.3 is 0 Å². The lowest BCUT2D eigenvalue weighted by atomic mass is 10.2. The Bertz CT molecular complexity index is 902. The number of nitrogens with one attached hydrogen (secondary N) is 3. The van der Waals surface area contributed by atoms with Gasteiger partial charge in [-0.2, -0.15) is 0 Å². The van der Waals surface area contributed by atoms with E-state index in [1.807, 2.05) is 0 Å². The number of methoxy groups -OCH3 is 2. The van der Waals surface area contributed by atoms with Gasteiger partial charge in [-0.1, -0.05) is 11.6 Å². The van der Waals surface area contributed by atoms with E-state index in [2.05, 4.69) is 15.4 Å². The van der Waals surface area contributed by atoms with E-state index in [0.717, 1.165) is 6.26 Å². The molecule has 0 aromatic heterocycles. The van der Waals surface area contributed by atoms with Gasteiger partial charge in [-0.25, -0.2) is 8.42 Å². The van der Waals surface area contributed by atoms with Gasteiger partial charge in [0.25, 0.3) is 0 Å². The van der Waals surface area contributed by atoms with E-state index in [4.69, 9.17) is 33.3 Å². The lowest BCUT2D eigenvalue weighted by Crippen LogP contribution is -2.19. The molecule has 0 amide bonds. The normalized spacial score (nSPS) is 10.8. The topological polar surface area (TPSA) is 88.7 Å². The van der Waals surface area contributed by atoms with Gasteiger partial charge in [-0.3, -0.25) is 4.72 Å². The Morgan fingerprint density at radius 2 is 1.58 bits per heavy atom. The van der Waals surface area contributed by atoms with Crippen LogP contribution in [0.2, 0.25) is 5.02 Å². The Morgan fingerprint density at radius 1 is 1.00 bits per heavy atom. The minimum Gasteiger partial charge on any atom is -0.495 e. The van der Waals surface area contributed by atoms with Crippen molar-refractivity contribution in [2.75, 3.05) is 35.8 Å². The van der Waals surface area contributed by atoms with E-state index >= 15 is 0 Å². The van der Waals surface area contributed by atoms with Gasteiger partial charge in [-0.15, -0.1) is 0 Å². The Labute approximate surface area is 162 Å². The van der Waals surface area contributed by atoms with Crippen molar-refractivity contribution in [1.29, 1.82) is 0 Å². The van der Waals surface area contributed by atoms with Crippen LogP contribution in [0.25, 0.3) is 0 Å². The molecular formula is C16H18ClN3O4S2. The molecule has 2 aromatic carbocycles. The van der Waals surface area contributed by atoms with Crippen molar-refractivity contribution < 1.29 is 17.9 Å². The van der Waals surface area contributed by atoms with Gasteiger partial charge in [0.15, 0.2) is 5.11 Å². The van der Waals surface area contributed by atoms with Crippen molar-refractivity contribution in [3.63, 3.8) is 0 Å². The minimum absolute atomic E-state index is 0.313. The fraction of sp³-hybridized carbons (Fsp3) is 0.188. The first-order valence-electron chi connectivity index (χ1n) is 7.29. The molecule has 0 saturated carbocycles. The van der Waals surface area contributed by atoms with Crippen molar-refractivity contribution in [3.8, 4) is 11.5 Å². The molecule has 0 spiro atoms. The molecule has 0 heterocycles. The summed E-state index contributed by atoms with van der Waals surface area (Å²) in [6, 6.07) is 9.93. The van der Waals surface area contributed by atoms with E-state index in [-0.39, 0.29) is 0 Å². The number of halogens is 1. The summed E-state index contributed by atoms with van der Waals surface area (Å²) < 4.78 is 35.3. The SMILES string of the molecule is COc1cc(OC)c(NC(=S)Nc2ccc(NS(C)(=O)=O)cc2)cc1Cl. The van der Waals surface area contributed by atoms with Crippen LogP contribution in [0, 0.1) is 0 Å². The van der Waals surface area contributed by atoms with Crippen molar-refractivity contribution >= 4 is 56.0 Å². The Kier molecular flexibility index (Phi) is 6.52. The molecule has 0 aliphatic rings. The lowest BCUT2D eigenvalue weighted by molar-refractivity contribution is 0.396. The number of ether oxygens (including phenoxy) is 2. The van der Waals surface area contributed by atoms with Crippen molar-refractivity contribution in [3.05, 3.63) is 41.4 Å². The fourth-order valence-electron chi connectivity index (χ4n) is 2.08. The van der Waals surface area contributed by atoms with E-state index in [1.165, 1.54) is 14.2 Å². The molecule has 2 rings (SSSR count). The molecular weight excluding hydrogens is 398 g/mol. The van der Waals surface area contributed by atoms with Gasteiger partial charge in [-0.05, 0) is 42.5 Å². The third kappa shape index (κ3) is 5.65. The maximum absolute atomic E-state index is 11.2. The van der Waals surface area contributed by atoms with E-state index in [9.17, 15) is 8.42 Å². The first-order chi connectivity index (χ1) is 12.2. The molecule has 3 N–H and O–H groups in total. The summed E-state index contributed by atoms with van der Waals surface area (Å²) in [5.74, 6) is 1.00. The third-order valence-electron chi connectivity index (χ3n) is 3.17. The second-order valence-corrected chi connectivity index (χ2v) is 7.78. The number of hydrogen-bond acceptors (Lipinski definition) is 5. The first-order valence-corrected chi connectivity index (χ1v) is 9.97. The predicted octanol–water partition coefficient (Wildman–Crippen LogP) is 3.54. The van der Waals surface area contributed by atoms with Crippen LogP contribution >= 0.6 is 23.8 Å². The summed E-state index contributed by atoms with van der Waals surface area (Å²) in [5.41, 5.74) is 1.71. The molecule has 0 fully saturated rings. The highest BCUT2D eigenvalue weighted by Crippen LogP contribution is 2.35. The highest BCUT2D eigenvalue weighted by Gasteiger charge is 2.11. The Balaban J connectivity index is 2.08. The zero-order valence-corrected chi connectivity index (χ0v) is 16.7. The monoisotopic (exact) mass is 415 g/mol. The van der Waals surface area contributed by atoms with E-state index < -0.39 is 10.0 Å². The highest BCUT2D eigenvalue weighted by molar-refractivity contribution is 7.92. The molecule has 0 unspecified atom stereocenters.